The number of pyridine rings is 1. The van der Waals surface area contributed by atoms with Crippen molar-refractivity contribution in [3.05, 3.63) is 29.8 Å². The Balaban J connectivity index is 3.04. The van der Waals surface area contributed by atoms with Gasteiger partial charge in [0.1, 0.15) is 5.82 Å². The van der Waals surface area contributed by atoms with E-state index in [1.807, 2.05) is 0 Å². The van der Waals surface area contributed by atoms with Gasteiger partial charge in [-0.15, -0.1) is 0 Å². The Hall–Kier alpha value is -1.98. The minimum atomic E-state index is -1.38. The molecule has 2 N–H and O–H groups in total. The van der Waals surface area contributed by atoms with Crippen molar-refractivity contribution in [3.8, 4) is 0 Å². The van der Waals surface area contributed by atoms with E-state index >= 15 is 0 Å². The number of nitrogens with zero attached hydrogens (tertiary/aromatic N) is 1. The summed E-state index contributed by atoms with van der Waals surface area (Å²) in [6.45, 7) is 0. The van der Waals surface area contributed by atoms with Crippen molar-refractivity contribution in [2.75, 3.05) is 0 Å². The highest BCUT2D eigenvalue weighted by atomic mass is 19.1. The number of halogens is 1. The normalized spacial score (nSPS) is 12.1. The van der Waals surface area contributed by atoms with E-state index in [9.17, 15) is 14.0 Å². The summed E-state index contributed by atoms with van der Waals surface area (Å²) in [5, 5.41) is 17.2. The van der Waals surface area contributed by atoms with Gasteiger partial charge in [-0.2, -0.15) is 0 Å². The van der Waals surface area contributed by atoms with E-state index in [2.05, 4.69) is 4.98 Å². The number of aromatic nitrogens is 1. The predicted octanol–water partition coefficient (Wildman–Crippen LogP) is 0.864. The van der Waals surface area contributed by atoms with Gasteiger partial charge in [-0.25, -0.2) is 4.39 Å². The fourth-order valence-electron chi connectivity index (χ4n) is 1.17. The molecular weight excluding hydrogens is 205 g/mol. The number of carboxylic acids is 2. The lowest BCUT2D eigenvalue weighted by molar-refractivity contribution is -0.145. The standard InChI is InChI=1S/C9H8FNO4/c10-7-4-11-2-1-5(7)6(9(14)15)3-8(12)13/h1-2,4,6H,3H2,(H,12,13)(H,14,15). The lowest BCUT2D eigenvalue weighted by Crippen LogP contribution is -2.17. The summed E-state index contributed by atoms with van der Waals surface area (Å²) >= 11 is 0. The average molecular weight is 213 g/mol. The van der Waals surface area contributed by atoms with Crippen LogP contribution in [0.15, 0.2) is 18.5 Å². The van der Waals surface area contributed by atoms with Crippen molar-refractivity contribution in [3.63, 3.8) is 0 Å². The number of aliphatic carboxylic acids is 2. The van der Waals surface area contributed by atoms with Gasteiger partial charge in [0.05, 0.1) is 18.5 Å². The van der Waals surface area contributed by atoms with Crippen LogP contribution in [-0.2, 0) is 9.59 Å². The minimum Gasteiger partial charge on any atom is -0.481 e. The first kappa shape index (κ1) is 11.1. The molecule has 0 aliphatic rings. The van der Waals surface area contributed by atoms with E-state index in [0.717, 1.165) is 12.3 Å². The zero-order chi connectivity index (χ0) is 11.4. The molecule has 1 rings (SSSR count). The second-order valence-corrected chi connectivity index (χ2v) is 2.89. The summed E-state index contributed by atoms with van der Waals surface area (Å²) in [7, 11) is 0. The second kappa shape index (κ2) is 4.50. The van der Waals surface area contributed by atoms with Gasteiger partial charge in [-0.1, -0.05) is 0 Å². The molecule has 1 aromatic heterocycles. The molecule has 0 saturated heterocycles. The molecule has 0 aliphatic carbocycles. The van der Waals surface area contributed by atoms with Gasteiger partial charge in [0.15, 0.2) is 0 Å². The smallest absolute Gasteiger partial charge is 0.311 e. The Morgan fingerprint density at radius 3 is 2.60 bits per heavy atom. The van der Waals surface area contributed by atoms with Crippen molar-refractivity contribution < 1.29 is 24.2 Å². The van der Waals surface area contributed by atoms with Crippen LogP contribution in [0.3, 0.4) is 0 Å². The van der Waals surface area contributed by atoms with Crippen molar-refractivity contribution in [2.24, 2.45) is 0 Å². The first-order valence-corrected chi connectivity index (χ1v) is 4.06. The molecule has 0 aromatic carbocycles. The molecule has 0 amide bonds. The van der Waals surface area contributed by atoms with Crippen molar-refractivity contribution in [2.45, 2.75) is 12.3 Å². The highest BCUT2D eigenvalue weighted by molar-refractivity contribution is 5.82. The topological polar surface area (TPSA) is 87.5 Å². The maximum absolute atomic E-state index is 13.1. The summed E-state index contributed by atoms with van der Waals surface area (Å²) in [5.74, 6) is -4.86. The third-order valence-electron chi connectivity index (χ3n) is 1.86. The predicted molar refractivity (Wildman–Crippen MR) is 46.8 cm³/mol. The molecule has 80 valence electrons. The van der Waals surface area contributed by atoms with Crippen LogP contribution in [0.25, 0.3) is 0 Å². The van der Waals surface area contributed by atoms with Crippen LogP contribution in [0.4, 0.5) is 4.39 Å². The van der Waals surface area contributed by atoms with Gasteiger partial charge in [-0.3, -0.25) is 14.6 Å². The van der Waals surface area contributed by atoms with Crippen LogP contribution in [-0.4, -0.2) is 27.1 Å². The average Bonchev–Trinajstić information content (AvgIpc) is 2.15. The molecule has 0 saturated carbocycles. The maximum atomic E-state index is 13.1. The molecule has 0 radical (unpaired) electrons. The summed E-state index contributed by atoms with van der Waals surface area (Å²) in [6, 6.07) is 1.16. The molecule has 0 fully saturated rings. The van der Waals surface area contributed by atoms with Crippen LogP contribution >= 0.6 is 0 Å². The van der Waals surface area contributed by atoms with Crippen molar-refractivity contribution >= 4 is 11.9 Å². The van der Waals surface area contributed by atoms with Gasteiger partial charge in [-0.05, 0) is 6.07 Å². The molecular formula is C9H8FNO4. The van der Waals surface area contributed by atoms with Crippen LogP contribution < -0.4 is 0 Å². The third kappa shape index (κ3) is 2.73. The van der Waals surface area contributed by atoms with Gasteiger partial charge >= 0.3 is 11.9 Å². The lowest BCUT2D eigenvalue weighted by Gasteiger charge is -2.10. The van der Waals surface area contributed by atoms with E-state index in [0.29, 0.717) is 0 Å². The molecule has 1 aromatic rings. The number of carboxylic acid groups (broad SMARTS) is 2. The van der Waals surface area contributed by atoms with E-state index in [1.165, 1.54) is 6.20 Å². The van der Waals surface area contributed by atoms with E-state index in [1.54, 1.807) is 0 Å². The van der Waals surface area contributed by atoms with Crippen molar-refractivity contribution in [1.29, 1.82) is 0 Å². The summed E-state index contributed by atoms with van der Waals surface area (Å²) < 4.78 is 13.1. The Kier molecular flexibility index (Phi) is 3.33. The molecule has 15 heavy (non-hydrogen) atoms. The molecule has 0 bridgehead atoms. The Labute approximate surface area is 84.2 Å². The maximum Gasteiger partial charge on any atom is 0.311 e. The van der Waals surface area contributed by atoms with Gasteiger partial charge in [0.25, 0.3) is 0 Å². The van der Waals surface area contributed by atoms with E-state index in [4.69, 9.17) is 10.2 Å². The molecule has 0 aliphatic heterocycles. The molecule has 1 atom stereocenters. The zero-order valence-corrected chi connectivity index (χ0v) is 7.55. The number of hydrogen-bond donors (Lipinski definition) is 2. The molecule has 0 spiro atoms. The number of carbonyl (C=O) groups is 2. The Morgan fingerprint density at radius 1 is 1.47 bits per heavy atom. The largest absolute Gasteiger partial charge is 0.481 e. The second-order valence-electron chi connectivity index (χ2n) is 2.89. The highest BCUT2D eigenvalue weighted by Crippen LogP contribution is 2.22. The molecule has 1 unspecified atom stereocenters. The van der Waals surface area contributed by atoms with E-state index in [-0.39, 0.29) is 5.56 Å². The monoisotopic (exact) mass is 213 g/mol. The van der Waals surface area contributed by atoms with Crippen LogP contribution in [0.1, 0.15) is 17.9 Å². The fraction of sp³-hybridized carbons (Fsp3) is 0.222. The van der Waals surface area contributed by atoms with E-state index < -0.39 is 30.1 Å². The minimum absolute atomic E-state index is 0.167. The number of rotatable bonds is 4. The van der Waals surface area contributed by atoms with Gasteiger partial charge < -0.3 is 10.2 Å². The molecule has 1 heterocycles. The molecule has 6 heteroatoms. The zero-order valence-electron chi connectivity index (χ0n) is 7.55. The van der Waals surface area contributed by atoms with Gasteiger partial charge in [0, 0.05) is 11.8 Å². The first-order chi connectivity index (χ1) is 7.02. The van der Waals surface area contributed by atoms with Crippen LogP contribution in [0, 0.1) is 5.82 Å². The summed E-state index contributed by atoms with van der Waals surface area (Å²) in [6.07, 6.45) is 1.42. The quantitative estimate of drug-likeness (QED) is 0.774. The Morgan fingerprint density at radius 2 is 2.13 bits per heavy atom. The fourth-order valence-corrected chi connectivity index (χ4v) is 1.17. The molecule has 5 nitrogen and oxygen atoms in total. The summed E-state index contributed by atoms with van der Waals surface area (Å²) in [5.41, 5.74) is -0.167. The summed E-state index contributed by atoms with van der Waals surface area (Å²) in [4.78, 5) is 24.6. The van der Waals surface area contributed by atoms with Crippen molar-refractivity contribution in [1.82, 2.24) is 4.98 Å². The lowest BCUT2D eigenvalue weighted by atomic mass is 9.96. The SMILES string of the molecule is O=C(O)CC(C(=O)O)c1ccncc1F. The number of hydrogen-bond acceptors (Lipinski definition) is 3. The van der Waals surface area contributed by atoms with Crippen LogP contribution in [0.2, 0.25) is 0 Å². The Bertz CT molecular complexity index is 393. The van der Waals surface area contributed by atoms with Crippen LogP contribution in [0.5, 0.6) is 0 Å². The first-order valence-electron chi connectivity index (χ1n) is 4.06. The highest BCUT2D eigenvalue weighted by Gasteiger charge is 2.25. The van der Waals surface area contributed by atoms with Gasteiger partial charge in [0.2, 0.25) is 0 Å². The third-order valence-corrected chi connectivity index (χ3v) is 1.86.